The third kappa shape index (κ3) is 3.34. The van der Waals surface area contributed by atoms with E-state index in [1.165, 1.54) is 6.20 Å². The quantitative estimate of drug-likeness (QED) is 0.881. The van der Waals surface area contributed by atoms with E-state index in [-0.39, 0.29) is 4.90 Å². The predicted octanol–water partition coefficient (Wildman–Crippen LogP) is 0.653. The Hall–Kier alpha value is -0.920. The smallest absolute Gasteiger partial charge is 0.246 e. The summed E-state index contributed by atoms with van der Waals surface area (Å²) in [6, 6.07) is 0. The van der Waals surface area contributed by atoms with E-state index in [9.17, 15) is 8.42 Å². The zero-order valence-corrected chi connectivity index (χ0v) is 12.1. The van der Waals surface area contributed by atoms with Gasteiger partial charge in [0, 0.05) is 25.8 Å². The van der Waals surface area contributed by atoms with E-state index in [2.05, 4.69) is 12.0 Å². The van der Waals surface area contributed by atoms with Crippen LogP contribution in [0.4, 0.5) is 0 Å². The van der Waals surface area contributed by atoms with Gasteiger partial charge in [-0.2, -0.15) is 9.40 Å². The molecule has 0 aromatic carbocycles. The lowest BCUT2D eigenvalue weighted by Crippen LogP contribution is -2.31. The van der Waals surface area contributed by atoms with E-state index >= 15 is 0 Å². The Bertz CT molecular complexity index is 512. The molecule has 0 aliphatic carbocycles. The van der Waals surface area contributed by atoms with Crippen LogP contribution in [0.25, 0.3) is 0 Å². The van der Waals surface area contributed by atoms with Gasteiger partial charge in [-0.1, -0.05) is 6.92 Å². The van der Waals surface area contributed by atoms with Crippen molar-refractivity contribution in [3.8, 4) is 0 Å². The summed E-state index contributed by atoms with van der Waals surface area (Å²) in [7, 11) is -3.40. The highest BCUT2D eigenvalue weighted by atomic mass is 32.2. The van der Waals surface area contributed by atoms with Gasteiger partial charge in [-0.15, -0.1) is 0 Å². The Morgan fingerprint density at radius 3 is 2.95 bits per heavy atom. The summed E-state index contributed by atoms with van der Waals surface area (Å²) in [4.78, 5) is 0.274. The minimum Gasteiger partial charge on any atom is -0.329 e. The lowest BCUT2D eigenvalue weighted by Gasteiger charge is -2.18. The van der Waals surface area contributed by atoms with Gasteiger partial charge in [-0.05, 0) is 25.2 Å². The van der Waals surface area contributed by atoms with Crippen molar-refractivity contribution in [3.05, 3.63) is 12.4 Å². The lowest BCUT2D eigenvalue weighted by atomic mass is 10.0. The first kappa shape index (κ1) is 14.5. The molecule has 1 atom stereocenters. The van der Waals surface area contributed by atoms with Crippen LogP contribution in [0.3, 0.4) is 0 Å². The fourth-order valence-electron chi connectivity index (χ4n) is 2.36. The summed E-state index contributed by atoms with van der Waals surface area (Å²) in [5, 5.41) is 4.04. The molecule has 1 unspecified atom stereocenters. The van der Waals surface area contributed by atoms with Crippen LogP contribution in [-0.2, 0) is 16.6 Å². The number of sulfonamides is 1. The molecule has 6 nitrogen and oxygen atoms in total. The minimum atomic E-state index is -3.40. The standard InChI is InChI=1S/C12H22N4O2S/c1-11-3-2-6-16(7-4-11)19(17,18)12-9-14-15(10-12)8-5-13/h9-11H,2-8,13H2,1H3. The first-order valence-corrected chi connectivity index (χ1v) is 8.20. The minimum absolute atomic E-state index is 0.274. The molecule has 0 amide bonds. The average Bonchev–Trinajstić information content (AvgIpc) is 2.72. The number of rotatable bonds is 4. The van der Waals surface area contributed by atoms with Crippen molar-refractivity contribution in [3.63, 3.8) is 0 Å². The molecule has 1 aliphatic rings. The lowest BCUT2D eigenvalue weighted by molar-refractivity contribution is 0.416. The second-order valence-electron chi connectivity index (χ2n) is 5.17. The van der Waals surface area contributed by atoms with Crippen molar-refractivity contribution >= 4 is 10.0 Å². The first-order chi connectivity index (χ1) is 9.04. The molecule has 2 N–H and O–H groups in total. The van der Waals surface area contributed by atoms with E-state index < -0.39 is 10.0 Å². The number of nitrogens with two attached hydrogens (primary N) is 1. The number of hydrogen-bond donors (Lipinski definition) is 1. The largest absolute Gasteiger partial charge is 0.329 e. The summed E-state index contributed by atoms with van der Waals surface area (Å²) in [5.74, 6) is 0.597. The van der Waals surface area contributed by atoms with Crippen LogP contribution < -0.4 is 5.73 Å². The molecule has 19 heavy (non-hydrogen) atoms. The van der Waals surface area contributed by atoms with Gasteiger partial charge in [-0.25, -0.2) is 8.42 Å². The fourth-order valence-corrected chi connectivity index (χ4v) is 3.81. The normalized spacial score (nSPS) is 22.3. The molecular formula is C12H22N4O2S. The van der Waals surface area contributed by atoms with E-state index in [1.54, 1.807) is 15.2 Å². The maximum atomic E-state index is 12.5. The van der Waals surface area contributed by atoms with Gasteiger partial charge in [0.25, 0.3) is 0 Å². The monoisotopic (exact) mass is 286 g/mol. The maximum Gasteiger partial charge on any atom is 0.246 e. The molecule has 0 saturated carbocycles. The third-order valence-corrected chi connectivity index (χ3v) is 5.43. The highest BCUT2D eigenvalue weighted by Gasteiger charge is 2.27. The molecule has 2 rings (SSSR count). The Morgan fingerprint density at radius 2 is 2.21 bits per heavy atom. The predicted molar refractivity (Wildman–Crippen MR) is 73.1 cm³/mol. The van der Waals surface area contributed by atoms with E-state index in [1.807, 2.05) is 0 Å². The number of aromatic nitrogens is 2. The summed E-state index contributed by atoms with van der Waals surface area (Å²) >= 11 is 0. The van der Waals surface area contributed by atoms with Gasteiger partial charge >= 0.3 is 0 Å². The molecule has 1 aliphatic heterocycles. The van der Waals surface area contributed by atoms with Crippen LogP contribution in [0.5, 0.6) is 0 Å². The molecule has 2 heterocycles. The van der Waals surface area contributed by atoms with Crippen LogP contribution in [0, 0.1) is 5.92 Å². The first-order valence-electron chi connectivity index (χ1n) is 6.76. The highest BCUT2D eigenvalue weighted by molar-refractivity contribution is 7.89. The van der Waals surface area contributed by atoms with Crippen molar-refractivity contribution in [1.29, 1.82) is 0 Å². The van der Waals surface area contributed by atoms with Gasteiger partial charge in [0.2, 0.25) is 10.0 Å². The van der Waals surface area contributed by atoms with Gasteiger partial charge in [0.05, 0.1) is 12.7 Å². The average molecular weight is 286 g/mol. The molecule has 1 fully saturated rings. The Labute approximate surface area is 114 Å². The Balaban J connectivity index is 2.15. The van der Waals surface area contributed by atoms with Crippen LogP contribution >= 0.6 is 0 Å². The molecule has 7 heteroatoms. The Kier molecular flexibility index (Phi) is 4.59. The SMILES string of the molecule is CC1CCCN(S(=O)(=O)c2cnn(CCN)c2)CC1. The van der Waals surface area contributed by atoms with Crippen molar-refractivity contribution < 1.29 is 8.42 Å². The van der Waals surface area contributed by atoms with E-state index in [4.69, 9.17) is 5.73 Å². The van der Waals surface area contributed by atoms with Crippen molar-refractivity contribution in [1.82, 2.24) is 14.1 Å². The summed E-state index contributed by atoms with van der Waals surface area (Å²) in [6.45, 7) is 4.37. The topological polar surface area (TPSA) is 81.2 Å². The maximum absolute atomic E-state index is 12.5. The molecule has 1 aromatic rings. The molecule has 108 valence electrons. The second-order valence-corrected chi connectivity index (χ2v) is 7.11. The van der Waals surface area contributed by atoms with Crippen molar-refractivity contribution in [2.75, 3.05) is 19.6 Å². The van der Waals surface area contributed by atoms with Crippen LogP contribution in [0.2, 0.25) is 0 Å². The molecule has 1 aromatic heterocycles. The van der Waals surface area contributed by atoms with Gasteiger partial charge < -0.3 is 5.73 Å². The van der Waals surface area contributed by atoms with Gasteiger partial charge in [-0.3, -0.25) is 4.68 Å². The van der Waals surface area contributed by atoms with Gasteiger partial charge in [0.15, 0.2) is 0 Å². The zero-order chi connectivity index (χ0) is 13.9. The van der Waals surface area contributed by atoms with Crippen LogP contribution in [0.15, 0.2) is 17.3 Å². The van der Waals surface area contributed by atoms with E-state index in [0.29, 0.717) is 32.1 Å². The van der Waals surface area contributed by atoms with Crippen LogP contribution in [0.1, 0.15) is 26.2 Å². The summed E-state index contributed by atoms with van der Waals surface area (Å²) < 4.78 is 28.2. The third-order valence-electron chi connectivity index (χ3n) is 3.58. The van der Waals surface area contributed by atoms with Crippen molar-refractivity contribution in [2.45, 2.75) is 37.6 Å². The van der Waals surface area contributed by atoms with E-state index in [0.717, 1.165) is 19.3 Å². The number of hydrogen-bond acceptors (Lipinski definition) is 4. The molecule has 1 saturated heterocycles. The summed E-state index contributed by atoms with van der Waals surface area (Å²) in [6.07, 6.45) is 5.93. The summed E-state index contributed by atoms with van der Waals surface area (Å²) in [5.41, 5.74) is 5.44. The second kappa shape index (κ2) is 6.02. The number of nitrogens with zero attached hydrogens (tertiary/aromatic N) is 3. The van der Waals surface area contributed by atoms with Crippen molar-refractivity contribution in [2.24, 2.45) is 11.7 Å². The zero-order valence-electron chi connectivity index (χ0n) is 11.3. The fraction of sp³-hybridized carbons (Fsp3) is 0.750. The molecule has 0 radical (unpaired) electrons. The van der Waals surface area contributed by atoms with Crippen LogP contribution in [-0.4, -0.2) is 42.1 Å². The van der Waals surface area contributed by atoms with Gasteiger partial charge in [0.1, 0.15) is 4.90 Å². The Morgan fingerprint density at radius 1 is 1.42 bits per heavy atom. The molecule has 0 bridgehead atoms. The highest BCUT2D eigenvalue weighted by Crippen LogP contribution is 2.22. The molecule has 0 spiro atoms. The molecular weight excluding hydrogens is 264 g/mol.